The summed E-state index contributed by atoms with van der Waals surface area (Å²) < 4.78 is 13.1. The molecule has 19 heavy (non-hydrogen) atoms. The van der Waals surface area contributed by atoms with Crippen molar-refractivity contribution in [1.82, 2.24) is 5.32 Å². The number of carbonyl (C=O) groups excluding carboxylic acids is 2. The Morgan fingerprint density at radius 1 is 1.47 bits per heavy atom. The van der Waals surface area contributed by atoms with E-state index in [9.17, 15) is 24.1 Å². The van der Waals surface area contributed by atoms with Gasteiger partial charge in [-0.1, -0.05) is 0 Å². The fraction of sp³-hybridized carbons (Fsp3) is 0.200. The Balaban J connectivity index is 2.83. The SMILES string of the molecule is CC(NC(N)=O)C(=O)Nc1ccc(F)c([N+](=O)[O-])c1. The highest BCUT2D eigenvalue weighted by molar-refractivity contribution is 5.96. The van der Waals surface area contributed by atoms with Crippen LogP contribution in [0, 0.1) is 15.9 Å². The van der Waals surface area contributed by atoms with E-state index in [1.807, 2.05) is 0 Å². The van der Waals surface area contributed by atoms with E-state index in [4.69, 9.17) is 5.73 Å². The number of amides is 3. The van der Waals surface area contributed by atoms with Crippen molar-refractivity contribution in [2.75, 3.05) is 5.32 Å². The van der Waals surface area contributed by atoms with Gasteiger partial charge in [-0.15, -0.1) is 0 Å². The molecule has 4 N–H and O–H groups in total. The first-order chi connectivity index (χ1) is 8.81. The maximum absolute atomic E-state index is 13.1. The number of carbonyl (C=O) groups is 2. The number of nitro benzene ring substituents is 1. The van der Waals surface area contributed by atoms with E-state index >= 15 is 0 Å². The second-order valence-electron chi connectivity index (χ2n) is 3.64. The Kier molecular flexibility index (Phi) is 4.35. The fourth-order valence-corrected chi connectivity index (χ4v) is 1.26. The average Bonchev–Trinajstić information content (AvgIpc) is 2.30. The van der Waals surface area contributed by atoms with Crippen LogP contribution in [0.15, 0.2) is 18.2 Å². The molecule has 0 saturated heterocycles. The Bertz CT molecular complexity index is 534. The van der Waals surface area contributed by atoms with Gasteiger partial charge in [0.1, 0.15) is 6.04 Å². The highest BCUT2D eigenvalue weighted by Crippen LogP contribution is 2.21. The molecule has 0 bridgehead atoms. The third kappa shape index (κ3) is 3.91. The third-order valence-corrected chi connectivity index (χ3v) is 2.16. The smallest absolute Gasteiger partial charge is 0.312 e. The van der Waals surface area contributed by atoms with Gasteiger partial charge in [-0.2, -0.15) is 4.39 Å². The minimum atomic E-state index is -1.01. The van der Waals surface area contributed by atoms with E-state index in [2.05, 4.69) is 10.6 Å². The summed E-state index contributed by atoms with van der Waals surface area (Å²) in [6, 6.07) is 1.09. The van der Waals surface area contributed by atoms with Gasteiger partial charge in [-0.05, 0) is 19.1 Å². The van der Waals surface area contributed by atoms with Crippen molar-refractivity contribution in [3.8, 4) is 0 Å². The lowest BCUT2D eigenvalue weighted by atomic mass is 10.2. The molecule has 0 aliphatic heterocycles. The van der Waals surface area contributed by atoms with Gasteiger partial charge in [0.15, 0.2) is 0 Å². The number of primary amides is 1. The van der Waals surface area contributed by atoms with E-state index in [0.29, 0.717) is 0 Å². The lowest BCUT2D eigenvalue weighted by Crippen LogP contribution is -2.44. The van der Waals surface area contributed by atoms with Crippen LogP contribution >= 0.6 is 0 Å². The van der Waals surface area contributed by atoms with Crippen molar-refractivity contribution < 1.29 is 18.9 Å². The number of nitrogens with one attached hydrogen (secondary N) is 2. The van der Waals surface area contributed by atoms with Gasteiger partial charge in [0.05, 0.1) is 4.92 Å². The lowest BCUT2D eigenvalue weighted by molar-refractivity contribution is -0.387. The predicted octanol–water partition coefficient (Wildman–Crippen LogP) is 0.729. The lowest BCUT2D eigenvalue weighted by Gasteiger charge is -2.12. The molecule has 8 nitrogen and oxygen atoms in total. The molecule has 0 aliphatic carbocycles. The molecule has 9 heteroatoms. The van der Waals surface area contributed by atoms with E-state index in [0.717, 1.165) is 18.2 Å². The Morgan fingerprint density at radius 2 is 2.11 bits per heavy atom. The van der Waals surface area contributed by atoms with Crippen LogP contribution in [0.5, 0.6) is 0 Å². The molecule has 3 amide bonds. The van der Waals surface area contributed by atoms with Crippen LogP contribution in [0.1, 0.15) is 6.92 Å². The minimum Gasteiger partial charge on any atom is -0.352 e. The molecule has 0 radical (unpaired) electrons. The van der Waals surface area contributed by atoms with Gasteiger partial charge in [0, 0.05) is 11.8 Å². The topological polar surface area (TPSA) is 127 Å². The van der Waals surface area contributed by atoms with Crippen molar-refractivity contribution in [3.05, 3.63) is 34.1 Å². The van der Waals surface area contributed by atoms with Crippen LogP contribution in [-0.2, 0) is 4.79 Å². The molecule has 1 aromatic rings. The maximum atomic E-state index is 13.1. The van der Waals surface area contributed by atoms with Gasteiger partial charge >= 0.3 is 11.7 Å². The summed E-state index contributed by atoms with van der Waals surface area (Å²) >= 11 is 0. The number of hydrogen-bond donors (Lipinski definition) is 3. The summed E-state index contributed by atoms with van der Waals surface area (Å²) in [7, 11) is 0. The van der Waals surface area contributed by atoms with E-state index < -0.39 is 34.4 Å². The molecule has 0 aromatic heterocycles. The molecular formula is C10H11FN4O4. The minimum absolute atomic E-state index is 0.0382. The zero-order chi connectivity index (χ0) is 14.6. The Morgan fingerprint density at radius 3 is 2.63 bits per heavy atom. The molecule has 1 atom stereocenters. The first kappa shape index (κ1) is 14.4. The summed E-state index contributed by atoms with van der Waals surface area (Å²) in [5.74, 6) is -1.65. The molecule has 0 aliphatic rings. The number of nitrogens with two attached hydrogens (primary N) is 1. The van der Waals surface area contributed by atoms with Crippen LogP contribution in [-0.4, -0.2) is 22.9 Å². The number of benzene rings is 1. The number of hydrogen-bond acceptors (Lipinski definition) is 4. The Labute approximate surface area is 106 Å². The van der Waals surface area contributed by atoms with E-state index in [1.54, 1.807) is 0 Å². The van der Waals surface area contributed by atoms with E-state index in [-0.39, 0.29) is 5.69 Å². The van der Waals surface area contributed by atoms with Crippen molar-refractivity contribution in [2.45, 2.75) is 13.0 Å². The number of nitrogens with zero attached hydrogens (tertiary/aromatic N) is 1. The second-order valence-corrected chi connectivity index (χ2v) is 3.64. The molecule has 1 aromatic carbocycles. The highest BCUT2D eigenvalue weighted by Gasteiger charge is 2.18. The average molecular weight is 270 g/mol. The zero-order valence-corrected chi connectivity index (χ0v) is 9.84. The largest absolute Gasteiger partial charge is 0.352 e. The maximum Gasteiger partial charge on any atom is 0.312 e. The molecule has 102 valence electrons. The standard InChI is InChI=1S/C10H11FN4O4/c1-5(13-10(12)17)9(16)14-6-2-3-7(11)8(4-6)15(18)19/h2-5H,1H3,(H,14,16)(H3,12,13,17). The molecular weight excluding hydrogens is 259 g/mol. The summed E-state index contributed by atoms with van der Waals surface area (Å²) in [4.78, 5) is 31.7. The van der Waals surface area contributed by atoms with Crippen LogP contribution in [0.3, 0.4) is 0 Å². The number of rotatable bonds is 4. The summed E-state index contributed by atoms with van der Waals surface area (Å²) in [6.45, 7) is 1.37. The number of halogens is 1. The van der Waals surface area contributed by atoms with Crippen molar-refractivity contribution in [2.24, 2.45) is 5.73 Å². The molecule has 0 heterocycles. The van der Waals surface area contributed by atoms with Gasteiger partial charge < -0.3 is 16.4 Å². The normalized spacial score (nSPS) is 11.5. The van der Waals surface area contributed by atoms with Gasteiger partial charge in [-0.3, -0.25) is 14.9 Å². The van der Waals surface area contributed by atoms with Gasteiger partial charge in [0.2, 0.25) is 11.7 Å². The zero-order valence-electron chi connectivity index (χ0n) is 9.84. The van der Waals surface area contributed by atoms with Crippen molar-refractivity contribution in [1.29, 1.82) is 0 Å². The first-order valence-electron chi connectivity index (χ1n) is 5.12. The fourth-order valence-electron chi connectivity index (χ4n) is 1.26. The number of nitro groups is 1. The Hall–Kier alpha value is -2.71. The van der Waals surface area contributed by atoms with Crippen LogP contribution in [0.4, 0.5) is 20.6 Å². The third-order valence-electron chi connectivity index (χ3n) is 2.16. The molecule has 0 spiro atoms. The molecule has 0 saturated carbocycles. The van der Waals surface area contributed by atoms with Crippen molar-refractivity contribution >= 4 is 23.3 Å². The molecule has 0 fully saturated rings. The van der Waals surface area contributed by atoms with Gasteiger partial charge in [0.25, 0.3) is 0 Å². The van der Waals surface area contributed by atoms with Crippen LogP contribution in [0.2, 0.25) is 0 Å². The second kappa shape index (κ2) is 5.76. The monoisotopic (exact) mass is 270 g/mol. The van der Waals surface area contributed by atoms with E-state index in [1.165, 1.54) is 6.92 Å². The summed E-state index contributed by atoms with van der Waals surface area (Å²) in [5.41, 5.74) is 4.12. The van der Waals surface area contributed by atoms with Gasteiger partial charge in [-0.25, -0.2) is 4.79 Å². The van der Waals surface area contributed by atoms with Crippen LogP contribution < -0.4 is 16.4 Å². The first-order valence-corrected chi connectivity index (χ1v) is 5.12. The number of urea groups is 1. The predicted molar refractivity (Wildman–Crippen MR) is 63.9 cm³/mol. The number of anilines is 1. The quantitative estimate of drug-likeness (QED) is 0.550. The van der Waals surface area contributed by atoms with Crippen LogP contribution in [0.25, 0.3) is 0 Å². The summed E-state index contributed by atoms with van der Waals surface area (Å²) in [6.07, 6.45) is 0. The molecule has 1 rings (SSSR count). The summed E-state index contributed by atoms with van der Waals surface area (Å²) in [5, 5.41) is 14.9. The molecule has 1 unspecified atom stereocenters. The van der Waals surface area contributed by atoms with Crippen molar-refractivity contribution in [3.63, 3.8) is 0 Å². The highest BCUT2D eigenvalue weighted by atomic mass is 19.1.